The van der Waals surface area contributed by atoms with Crippen LogP contribution in [-0.2, 0) is 19.1 Å². The van der Waals surface area contributed by atoms with Crippen LogP contribution >= 0.6 is 15.9 Å². The number of fused-ring (bicyclic) bond motifs is 3. The minimum Gasteiger partial charge on any atom is -0.493 e. The van der Waals surface area contributed by atoms with E-state index in [-0.39, 0.29) is 28.3 Å². The van der Waals surface area contributed by atoms with Crippen molar-refractivity contribution >= 4 is 50.3 Å². The van der Waals surface area contributed by atoms with E-state index in [0.717, 1.165) is 0 Å². The number of carbonyl (C=O) groups excluding carboxylic acids is 4. The number of likely N-dealkylation sites (tertiary alicyclic amines) is 1. The number of halogens is 1. The second-order valence-corrected chi connectivity index (χ2v) is 10.7. The number of rotatable bonds is 5. The van der Waals surface area contributed by atoms with Crippen molar-refractivity contribution in [3.05, 3.63) is 40.9 Å². The fraction of sp³-hybridized carbons (Fsp3) is 0.385. The van der Waals surface area contributed by atoms with Crippen molar-refractivity contribution < 1.29 is 38.1 Å². The summed E-state index contributed by atoms with van der Waals surface area (Å²) in [6, 6.07) is 3.40. The number of benzene rings is 1. The molecule has 2 aliphatic heterocycles. The lowest BCUT2D eigenvalue weighted by Crippen LogP contribution is -2.52. The smallest absolute Gasteiger partial charge is 0.339 e. The van der Waals surface area contributed by atoms with Crippen LogP contribution in [0.2, 0.25) is 0 Å². The van der Waals surface area contributed by atoms with Gasteiger partial charge >= 0.3 is 5.97 Å². The molecule has 38 heavy (non-hydrogen) atoms. The molecular formula is C26H26BrN3O8. The zero-order valence-corrected chi connectivity index (χ0v) is 23.0. The summed E-state index contributed by atoms with van der Waals surface area (Å²) in [6.07, 6.45) is 1.82. The van der Waals surface area contributed by atoms with E-state index in [0.29, 0.717) is 40.3 Å². The third-order valence-corrected chi connectivity index (χ3v) is 7.91. The molecule has 0 bridgehead atoms. The summed E-state index contributed by atoms with van der Waals surface area (Å²) >= 11 is 3.61. The number of ether oxygens (including phenoxy) is 4. The molecule has 0 spiro atoms. The van der Waals surface area contributed by atoms with E-state index in [1.165, 1.54) is 46.3 Å². The van der Waals surface area contributed by atoms with Crippen molar-refractivity contribution in [3.63, 3.8) is 0 Å². The second kappa shape index (κ2) is 9.19. The van der Waals surface area contributed by atoms with Gasteiger partial charge in [-0.05, 0) is 25.5 Å². The summed E-state index contributed by atoms with van der Waals surface area (Å²) in [7, 11) is 5.67. The Bertz CT molecular complexity index is 1470. The summed E-state index contributed by atoms with van der Waals surface area (Å²) < 4.78 is 21.2. The molecule has 1 fully saturated rings. The van der Waals surface area contributed by atoms with E-state index in [2.05, 4.69) is 26.2 Å². The van der Waals surface area contributed by atoms with Crippen molar-refractivity contribution in [3.8, 4) is 17.2 Å². The predicted molar refractivity (Wildman–Crippen MR) is 138 cm³/mol. The molecule has 1 saturated heterocycles. The number of hydrogen-bond donors (Lipinski definition) is 2. The van der Waals surface area contributed by atoms with Crippen LogP contribution in [0.25, 0.3) is 10.9 Å². The Kier molecular flexibility index (Phi) is 6.25. The Morgan fingerprint density at radius 3 is 2.42 bits per heavy atom. The molecule has 3 atom stereocenters. The minimum atomic E-state index is -1.71. The zero-order valence-electron chi connectivity index (χ0n) is 21.4. The highest BCUT2D eigenvalue weighted by Crippen LogP contribution is 2.46. The Morgan fingerprint density at radius 1 is 1.08 bits per heavy atom. The maximum absolute atomic E-state index is 13.9. The Morgan fingerprint density at radius 2 is 1.79 bits per heavy atom. The lowest BCUT2D eigenvalue weighted by Gasteiger charge is -2.40. The number of alkyl halides is 1. The van der Waals surface area contributed by atoms with Crippen LogP contribution in [-0.4, -0.2) is 78.7 Å². The molecular weight excluding hydrogens is 562 g/mol. The quantitative estimate of drug-likeness (QED) is 0.306. The lowest BCUT2D eigenvalue weighted by atomic mass is 9.78. The number of hydrogen-bond acceptors (Lipinski definition) is 9. The van der Waals surface area contributed by atoms with Crippen molar-refractivity contribution in [2.75, 3.05) is 35.0 Å². The van der Waals surface area contributed by atoms with Gasteiger partial charge in [0.2, 0.25) is 11.5 Å². The maximum atomic E-state index is 13.9. The number of H-pyrrole nitrogens is 1. The molecule has 1 aliphatic carbocycles. The number of nitrogens with one attached hydrogen (secondary N) is 2. The Labute approximate surface area is 226 Å². The number of Topliss-reactive ketones (excluding diaryl/α,β-unsaturated/α-hetero) is 1. The highest BCUT2D eigenvalue weighted by Gasteiger charge is 2.56. The van der Waals surface area contributed by atoms with Crippen molar-refractivity contribution in [1.29, 1.82) is 0 Å². The molecule has 0 radical (unpaired) electrons. The Balaban J connectivity index is 1.55. The van der Waals surface area contributed by atoms with Gasteiger partial charge in [-0.15, -0.1) is 0 Å². The van der Waals surface area contributed by atoms with Gasteiger partial charge < -0.3 is 34.1 Å². The van der Waals surface area contributed by atoms with Gasteiger partial charge in [-0.2, -0.15) is 0 Å². The van der Waals surface area contributed by atoms with Crippen molar-refractivity contribution in [2.24, 2.45) is 5.92 Å². The van der Waals surface area contributed by atoms with Gasteiger partial charge in [0.05, 0.1) is 39.7 Å². The first kappa shape index (κ1) is 25.8. The van der Waals surface area contributed by atoms with E-state index >= 15 is 0 Å². The standard InChI is InChI=1S/C26H26BrN3O8/c1-26(25(34)38-5)23(32)18-13-8-12(27)10-30(15(13)9-16(31)20(18)29-26)24(33)14-6-11-7-17(35-2)21(36-3)22(37-4)19(11)28-14/h6-7,9,12-13,28-29H,8,10H2,1-5H3. The predicted octanol–water partition coefficient (Wildman–Crippen LogP) is 2.24. The number of aromatic nitrogens is 1. The van der Waals surface area contributed by atoms with Crippen LogP contribution in [0, 0.1) is 5.92 Å². The third kappa shape index (κ3) is 3.61. The number of carbonyl (C=O) groups is 4. The van der Waals surface area contributed by atoms with Crippen LogP contribution in [0.15, 0.2) is 35.2 Å². The fourth-order valence-electron chi connectivity index (χ4n) is 5.43. The van der Waals surface area contributed by atoms with Crippen LogP contribution in [0.1, 0.15) is 23.8 Å². The summed E-state index contributed by atoms with van der Waals surface area (Å²) in [5.74, 6) is -1.58. The number of methoxy groups -OCH3 is 4. The summed E-state index contributed by atoms with van der Waals surface area (Å²) in [5.41, 5.74) is -0.259. The van der Waals surface area contributed by atoms with Gasteiger partial charge in [-0.3, -0.25) is 14.4 Å². The third-order valence-electron chi connectivity index (χ3n) is 7.25. The van der Waals surface area contributed by atoms with Crippen LogP contribution < -0.4 is 19.5 Å². The average Bonchev–Trinajstić information content (AvgIpc) is 3.46. The first-order valence-electron chi connectivity index (χ1n) is 11.8. The highest BCUT2D eigenvalue weighted by molar-refractivity contribution is 9.09. The van der Waals surface area contributed by atoms with E-state index in [9.17, 15) is 19.2 Å². The molecule has 200 valence electrons. The number of nitrogens with zero attached hydrogens (tertiary/aromatic N) is 1. The number of allylic oxidation sites excluding steroid dienone is 2. The van der Waals surface area contributed by atoms with Gasteiger partial charge in [0.15, 0.2) is 22.8 Å². The van der Waals surface area contributed by atoms with Gasteiger partial charge in [0.1, 0.15) is 5.69 Å². The molecule has 5 rings (SSSR count). The lowest BCUT2D eigenvalue weighted by molar-refractivity contribution is -0.150. The number of aromatic amines is 1. The average molecular weight is 588 g/mol. The minimum absolute atomic E-state index is 0.0696. The highest BCUT2D eigenvalue weighted by atomic mass is 79.9. The zero-order chi connectivity index (χ0) is 27.5. The molecule has 3 aliphatic rings. The second-order valence-electron chi connectivity index (χ2n) is 9.39. The van der Waals surface area contributed by atoms with Gasteiger partial charge in [0, 0.05) is 40.0 Å². The van der Waals surface area contributed by atoms with Gasteiger partial charge in [-0.25, -0.2) is 4.79 Å². The Hall–Kier alpha value is -3.80. The maximum Gasteiger partial charge on any atom is 0.339 e. The SMILES string of the molecule is COC(=O)C1(C)NC2=C(C1=O)C1CC(Br)CN(C(=O)c3cc4cc(OC)c(OC)c(OC)c4[nH]3)C1=CC2=O. The molecule has 11 nitrogen and oxygen atoms in total. The van der Waals surface area contributed by atoms with E-state index < -0.39 is 34.9 Å². The number of esters is 1. The van der Waals surface area contributed by atoms with Crippen molar-refractivity contribution in [2.45, 2.75) is 23.7 Å². The molecule has 1 aromatic carbocycles. The summed E-state index contributed by atoms with van der Waals surface area (Å²) in [6.45, 7) is 1.66. The molecule has 12 heteroatoms. The van der Waals surface area contributed by atoms with E-state index in [1.54, 1.807) is 12.1 Å². The molecule has 3 heterocycles. The van der Waals surface area contributed by atoms with Gasteiger partial charge in [0.25, 0.3) is 5.91 Å². The largest absolute Gasteiger partial charge is 0.493 e. The van der Waals surface area contributed by atoms with E-state index in [1.807, 2.05) is 0 Å². The number of ketones is 2. The summed E-state index contributed by atoms with van der Waals surface area (Å²) in [5, 5.41) is 3.46. The molecule has 0 saturated carbocycles. The number of piperidine rings is 1. The summed E-state index contributed by atoms with van der Waals surface area (Å²) in [4.78, 5) is 57.3. The van der Waals surface area contributed by atoms with Gasteiger partial charge in [-0.1, -0.05) is 15.9 Å². The van der Waals surface area contributed by atoms with Crippen molar-refractivity contribution in [1.82, 2.24) is 15.2 Å². The molecule has 1 amide bonds. The van der Waals surface area contributed by atoms with Crippen LogP contribution in [0.4, 0.5) is 0 Å². The van der Waals surface area contributed by atoms with E-state index in [4.69, 9.17) is 18.9 Å². The topological polar surface area (TPSA) is 136 Å². The van der Waals surface area contributed by atoms with Crippen LogP contribution in [0.5, 0.6) is 17.2 Å². The first-order valence-corrected chi connectivity index (χ1v) is 12.7. The molecule has 1 aromatic heterocycles. The van der Waals surface area contributed by atoms with Crippen LogP contribution in [0.3, 0.4) is 0 Å². The normalized spacial score (nSPS) is 24.5. The first-order chi connectivity index (χ1) is 18.1. The molecule has 2 aromatic rings. The molecule has 3 unspecified atom stereocenters. The fourth-order valence-corrected chi connectivity index (χ4v) is 6.09. The molecule has 2 N–H and O–H groups in total. The number of amides is 1. The monoisotopic (exact) mass is 587 g/mol.